The number of morpholine rings is 1. The second kappa shape index (κ2) is 9.16. The Kier molecular flexibility index (Phi) is 6.66. The van der Waals surface area contributed by atoms with Crippen LogP contribution >= 0.6 is 15.9 Å². The molecule has 0 aromatic heterocycles. The first kappa shape index (κ1) is 18.9. The molecule has 1 N–H and O–H groups in total. The predicted molar refractivity (Wildman–Crippen MR) is 104 cm³/mol. The number of benzene rings is 2. The van der Waals surface area contributed by atoms with Gasteiger partial charge >= 0.3 is 0 Å². The smallest absolute Gasteiger partial charge is 0.252 e. The van der Waals surface area contributed by atoms with Gasteiger partial charge in [-0.25, -0.2) is 0 Å². The van der Waals surface area contributed by atoms with Crippen molar-refractivity contribution < 1.29 is 14.3 Å². The molecular weight excluding hydrogens is 396 g/mol. The number of hydrogen-bond donors (Lipinski definition) is 1. The van der Waals surface area contributed by atoms with Crippen LogP contribution in [0.15, 0.2) is 46.9 Å². The average Bonchev–Trinajstić information content (AvgIpc) is 2.68. The molecule has 2 aromatic rings. The molecule has 2 aromatic carbocycles. The van der Waals surface area contributed by atoms with E-state index in [9.17, 15) is 4.79 Å². The van der Waals surface area contributed by atoms with Crippen LogP contribution in [0, 0.1) is 0 Å². The number of halogens is 1. The summed E-state index contributed by atoms with van der Waals surface area (Å²) in [4.78, 5) is 15.0. The summed E-state index contributed by atoms with van der Waals surface area (Å²) in [6.45, 7) is 4.81. The second-order valence-corrected chi connectivity index (χ2v) is 7.04. The Bertz CT molecular complexity index is 760. The lowest BCUT2D eigenvalue weighted by Crippen LogP contribution is -2.36. The Labute approximate surface area is 162 Å². The molecule has 138 valence electrons. The molecule has 1 aliphatic rings. The first-order valence-electron chi connectivity index (χ1n) is 8.66. The quantitative estimate of drug-likeness (QED) is 0.782. The van der Waals surface area contributed by atoms with E-state index < -0.39 is 0 Å². The van der Waals surface area contributed by atoms with E-state index in [4.69, 9.17) is 9.47 Å². The fourth-order valence-corrected chi connectivity index (χ4v) is 3.39. The van der Waals surface area contributed by atoms with E-state index in [1.54, 1.807) is 13.2 Å². The number of carbonyl (C=O) groups excluding carboxylic acids is 1. The molecule has 6 heteroatoms. The third kappa shape index (κ3) is 4.84. The summed E-state index contributed by atoms with van der Waals surface area (Å²) in [5.41, 5.74) is 2.93. The minimum atomic E-state index is -0.128. The standard InChI is InChI=1S/C20H23BrN2O3/c1-25-17-6-7-19(21)18(12-17)20(24)22-13-15-4-2-3-5-16(15)14-23-8-10-26-11-9-23/h2-7,12H,8-11,13-14H2,1H3,(H,22,24). The van der Waals surface area contributed by atoms with Crippen LogP contribution in [-0.2, 0) is 17.8 Å². The van der Waals surface area contributed by atoms with E-state index in [0.29, 0.717) is 17.9 Å². The van der Waals surface area contributed by atoms with Crippen molar-refractivity contribution in [3.05, 3.63) is 63.6 Å². The summed E-state index contributed by atoms with van der Waals surface area (Å²) in [6, 6.07) is 13.6. The maximum Gasteiger partial charge on any atom is 0.252 e. The van der Waals surface area contributed by atoms with E-state index in [1.165, 1.54) is 5.56 Å². The summed E-state index contributed by atoms with van der Waals surface area (Å²) >= 11 is 3.43. The van der Waals surface area contributed by atoms with Gasteiger partial charge in [-0.15, -0.1) is 0 Å². The molecule has 0 atom stereocenters. The van der Waals surface area contributed by atoms with Gasteiger partial charge in [-0.05, 0) is 45.3 Å². The van der Waals surface area contributed by atoms with Gasteiger partial charge < -0.3 is 14.8 Å². The predicted octanol–water partition coefficient (Wildman–Crippen LogP) is 3.22. The summed E-state index contributed by atoms with van der Waals surface area (Å²) in [6.07, 6.45) is 0. The van der Waals surface area contributed by atoms with Gasteiger partial charge in [0.2, 0.25) is 0 Å². The molecule has 0 saturated carbocycles. The molecule has 1 fully saturated rings. The highest BCUT2D eigenvalue weighted by atomic mass is 79.9. The van der Waals surface area contributed by atoms with Crippen LogP contribution in [0.1, 0.15) is 21.5 Å². The zero-order valence-electron chi connectivity index (χ0n) is 14.8. The van der Waals surface area contributed by atoms with Gasteiger partial charge in [0.1, 0.15) is 5.75 Å². The molecule has 0 radical (unpaired) electrons. The topological polar surface area (TPSA) is 50.8 Å². The largest absolute Gasteiger partial charge is 0.497 e. The van der Waals surface area contributed by atoms with Crippen molar-refractivity contribution in [2.75, 3.05) is 33.4 Å². The summed E-state index contributed by atoms with van der Waals surface area (Å²) in [7, 11) is 1.59. The number of methoxy groups -OCH3 is 1. The Morgan fingerprint density at radius 1 is 1.19 bits per heavy atom. The molecule has 5 nitrogen and oxygen atoms in total. The molecule has 0 unspecified atom stereocenters. The number of nitrogens with one attached hydrogen (secondary N) is 1. The zero-order valence-corrected chi connectivity index (χ0v) is 16.4. The highest BCUT2D eigenvalue weighted by Crippen LogP contribution is 2.22. The number of ether oxygens (including phenoxy) is 2. The number of rotatable bonds is 6. The highest BCUT2D eigenvalue weighted by molar-refractivity contribution is 9.10. The van der Waals surface area contributed by atoms with Gasteiger partial charge in [-0.2, -0.15) is 0 Å². The van der Waals surface area contributed by atoms with Crippen molar-refractivity contribution in [3.63, 3.8) is 0 Å². The van der Waals surface area contributed by atoms with Gasteiger partial charge in [0.05, 0.1) is 25.9 Å². The van der Waals surface area contributed by atoms with Crippen molar-refractivity contribution in [2.45, 2.75) is 13.1 Å². The maximum absolute atomic E-state index is 12.6. The summed E-state index contributed by atoms with van der Waals surface area (Å²) in [5, 5.41) is 3.02. The van der Waals surface area contributed by atoms with Crippen LogP contribution in [0.3, 0.4) is 0 Å². The van der Waals surface area contributed by atoms with Gasteiger partial charge in [0.25, 0.3) is 5.91 Å². The third-order valence-corrected chi connectivity index (χ3v) is 5.17. The van der Waals surface area contributed by atoms with E-state index >= 15 is 0 Å². The minimum absolute atomic E-state index is 0.128. The van der Waals surface area contributed by atoms with Gasteiger partial charge in [0, 0.05) is 30.7 Å². The van der Waals surface area contributed by atoms with E-state index in [0.717, 1.165) is 42.9 Å². The van der Waals surface area contributed by atoms with Crippen LogP contribution in [0.2, 0.25) is 0 Å². The Balaban J connectivity index is 1.67. The Hall–Kier alpha value is -1.89. The van der Waals surface area contributed by atoms with E-state index in [1.807, 2.05) is 24.3 Å². The molecule has 1 saturated heterocycles. The Morgan fingerprint density at radius 3 is 2.65 bits per heavy atom. The number of amides is 1. The van der Waals surface area contributed by atoms with Crippen LogP contribution in [0.4, 0.5) is 0 Å². The lowest BCUT2D eigenvalue weighted by molar-refractivity contribution is 0.0340. The second-order valence-electron chi connectivity index (χ2n) is 6.19. The SMILES string of the molecule is COc1ccc(Br)c(C(=O)NCc2ccccc2CN2CCOCC2)c1. The lowest BCUT2D eigenvalue weighted by Gasteiger charge is -2.27. The summed E-state index contributed by atoms with van der Waals surface area (Å²) < 4.78 is 11.4. The van der Waals surface area contributed by atoms with Crippen molar-refractivity contribution in [1.82, 2.24) is 10.2 Å². The van der Waals surface area contributed by atoms with Crippen LogP contribution in [0.5, 0.6) is 5.75 Å². The number of hydrogen-bond acceptors (Lipinski definition) is 4. The molecular formula is C20H23BrN2O3. The number of carbonyl (C=O) groups is 1. The van der Waals surface area contributed by atoms with Crippen LogP contribution in [0.25, 0.3) is 0 Å². The maximum atomic E-state index is 12.6. The zero-order chi connectivity index (χ0) is 18.4. The first-order chi connectivity index (χ1) is 12.7. The monoisotopic (exact) mass is 418 g/mol. The Morgan fingerprint density at radius 2 is 1.92 bits per heavy atom. The molecule has 1 amide bonds. The van der Waals surface area contributed by atoms with Gasteiger partial charge in [0.15, 0.2) is 0 Å². The molecule has 26 heavy (non-hydrogen) atoms. The molecule has 0 spiro atoms. The third-order valence-electron chi connectivity index (χ3n) is 4.47. The van der Waals surface area contributed by atoms with Crippen molar-refractivity contribution in [3.8, 4) is 5.75 Å². The fraction of sp³-hybridized carbons (Fsp3) is 0.350. The minimum Gasteiger partial charge on any atom is -0.497 e. The van der Waals surface area contributed by atoms with Crippen molar-refractivity contribution in [2.24, 2.45) is 0 Å². The molecule has 1 heterocycles. The lowest BCUT2D eigenvalue weighted by atomic mass is 10.1. The van der Waals surface area contributed by atoms with Crippen molar-refractivity contribution in [1.29, 1.82) is 0 Å². The molecule has 3 rings (SSSR count). The molecule has 0 bridgehead atoms. The molecule has 0 aliphatic carbocycles. The van der Waals surface area contributed by atoms with E-state index in [-0.39, 0.29) is 5.91 Å². The highest BCUT2D eigenvalue weighted by Gasteiger charge is 2.14. The van der Waals surface area contributed by atoms with Crippen LogP contribution in [-0.4, -0.2) is 44.2 Å². The summed E-state index contributed by atoms with van der Waals surface area (Å²) in [5.74, 6) is 0.531. The molecule has 1 aliphatic heterocycles. The van der Waals surface area contributed by atoms with E-state index in [2.05, 4.69) is 38.3 Å². The van der Waals surface area contributed by atoms with Crippen LogP contribution < -0.4 is 10.1 Å². The van der Waals surface area contributed by atoms with Crippen molar-refractivity contribution >= 4 is 21.8 Å². The first-order valence-corrected chi connectivity index (χ1v) is 9.45. The fourth-order valence-electron chi connectivity index (χ4n) is 2.96. The van der Waals surface area contributed by atoms with Gasteiger partial charge in [-0.3, -0.25) is 9.69 Å². The van der Waals surface area contributed by atoms with Gasteiger partial charge in [-0.1, -0.05) is 24.3 Å². The normalized spacial score (nSPS) is 14.8. The average molecular weight is 419 g/mol. The number of nitrogens with zero attached hydrogens (tertiary/aromatic N) is 1.